The molecule has 21 heavy (non-hydrogen) atoms. The first-order valence-electron chi connectivity index (χ1n) is 7.89. The fraction of sp³-hybridized carbons (Fsp3) is 0.588. The molecule has 0 amide bonds. The quantitative estimate of drug-likeness (QED) is 0.778. The zero-order valence-electron chi connectivity index (χ0n) is 12.6. The predicted molar refractivity (Wildman–Crippen MR) is 81.1 cm³/mol. The van der Waals surface area contributed by atoms with Crippen molar-refractivity contribution in [1.82, 2.24) is 9.80 Å². The van der Waals surface area contributed by atoms with Gasteiger partial charge in [-0.05, 0) is 31.4 Å². The summed E-state index contributed by atoms with van der Waals surface area (Å²) >= 11 is 0. The van der Waals surface area contributed by atoms with E-state index in [1.165, 1.54) is 18.9 Å². The summed E-state index contributed by atoms with van der Waals surface area (Å²) in [6, 6.07) is 5.61. The molecule has 0 bridgehead atoms. The summed E-state index contributed by atoms with van der Waals surface area (Å²) < 4.78 is 13.5. The number of rotatable bonds is 5. The van der Waals surface area contributed by atoms with Gasteiger partial charge in [-0.25, -0.2) is 4.39 Å². The van der Waals surface area contributed by atoms with Gasteiger partial charge < -0.3 is 4.90 Å². The van der Waals surface area contributed by atoms with Crippen LogP contribution < -0.4 is 0 Å². The molecule has 1 saturated carbocycles. The Morgan fingerprint density at radius 2 is 1.95 bits per heavy atom. The molecule has 2 fully saturated rings. The van der Waals surface area contributed by atoms with Gasteiger partial charge >= 0.3 is 0 Å². The van der Waals surface area contributed by atoms with Gasteiger partial charge in [0, 0.05) is 50.7 Å². The van der Waals surface area contributed by atoms with Crippen LogP contribution in [-0.4, -0.2) is 54.3 Å². The summed E-state index contributed by atoms with van der Waals surface area (Å²) in [6.07, 6.45) is 3.20. The minimum Gasteiger partial charge on any atom is -0.300 e. The Hall–Kier alpha value is -1.26. The summed E-state index contributed by atoms with van der Waals surface area (Å²) in [5.41, 5.74) is 1.08. The fourth-order valence-electron chi connectivity index (χ4n) is 2.96. The highest BCUT2D eigenvalue weighted by molar-refractivity contribution is 5.96. The van der Waals surface area contributed by atoms with Gasteiger partial charge in [0.2, 0.25) is 0 Å². The van der Waals surface area contributed by atoms with Crippen molar-refractivity contribution < 1.29 is 9.18 Å². The summed E-state index contributed by atoms with van der Waals surface area (Å²) in [5.74, 6) is -0.252. The van der Waals surface area contributed by atoms with Crippen LogP contribution in [0.5, 0.6) is 0 Å². The van der Waals surface area contributed by atoms with Crippen molar-refractivity contribution in [3.8, 4) is 0 Å². The number of nitrogens with zero attached hydrogens (tertiary/aromatic N) is 2. The molecule has 3 nitrogen and oxygen atoms in total. The zero-order valence-corrected chi connectivity index (χ0v) is 12.6. The van der Waals surface area contributed by atoms with E-state index < -0.39 is 0 Å². The Labute approximate surface area is 125 Å². The Morgan fingerprint density at radius 1 is 1.24 bits per heavy atom. The number of aryl methyl sites for hydroxylation is 1. The molecule has 0 atom stereocenters. The van der Waals surface area contributed by atoms with Gasteiger partial charge in [-0.2, -0.15) is 0 Å². The maximum atomic E-state index is 13.5. The van der Waals surface area contributed by atoms with Crippen LogP contribution in [0, 0.1) is 12.7 Å². The third-order valence-corrected chi connectivity index (χ3v) is 4.62. The van der Waals surface area contributed by atoms with Crippen LogP contribution in [-0.2, 0) is 0 Å². The van der Waals surface area contributed by atoms with E-state index in [0.717, 1.165) is 38.8 Å². The lowest BCUT2D eigenvalue weighted by atomic mass is 10.1. The third-order valence-electron chi connectivity index (χ3n) is 4.62. The number of hydrogen-bond donors (Lipinski definition) is 0. The zero-order chi connectivity index (χ0) is 14.8. The van der Waals surface area contributed by atoms with Crippen LogP contribution in [0.25, 0.3) is 0 Å². The Bertz CT molecular complexity index is 520. The molecule has 0 N–H and O–H groups in total. The van der Waals surface area contributed by atoms with E-state index in [2.05, 4.69) is 9.80 Å². The second kappa shape index (κ2) is 6.24. The molecular formula is C17H23FN2O. The minimum atomic E-state index is -0.293. The van der Waals surface area contributed by atoms with E-state index in [4.69, 9.17) is 0 Å². The van der Waals surface area contributed by atoms with Gasteiger partial charge in [-0.15, -0.1) is 0 Å². The number of benzene rings is 1. The van der Waals surface area contributed by atoms with Gasteiger partial charge in [0.1, 0.15) is 5.82 Å². The second-order valence-electron chi connectivity index (χ2n) is 6.25. The Morgan fingerprint density at radius 3 is 2.57 bits per heavy atom. The van der Waals surface area contributed by atoms with Gasteiger partial charge in [0.15, 0.2) is 5.78 Å². The number of halogens is 1. The Kier molecular flexibility index (Phi) is 4.36. The standard InChI is InChI=1S/C17H23FN2O/c1-13-2-3-14(12-16(13)18)17(21)6-7-19-8-10-20(11-9-19)15-4-5-15/h2-3,12,15H,4-11H2,1H3. The minimum absolute atomic E-state index is 0.0403. The first-order valence-corrected chi connectivity index (χ1v) is 7.89. The molecule has 2 aliphatic rings. The maximum Gasteiger partial charge on any atom is 0.164 e. The smallest absolute Gasteiger partial charge is 0.164 e. The molecule has 1 aliphatic carbocycles. The van der Waals surface area contributed by atoms with E-state index in [1.54, 1.807) is 19.1 Å². The van der Waals surface area contributed by atoms with E-state index >= 15 is 0 Å². The van der Waals surface area contributed by atoms with Crippen LogP contribution in [0.3, 0.4) is 0 Å². The van der Waals surface area contributed by atoms with Crippen molar-refractivity contribution in [1.29, 1.82) is 0 Å². The average Bonchev–Trinajstić information content (AvgIpc) is 3.33. The number of piperazine rings is 1. The first kappa shape index (κ1) is 14.7. The molecule has 4 heteroatoms. The number of carbonyl (C=O) groups excluding carboxylic acids is 1. The molecule has 114 valence electrons. The monoisotopic (exact) mass is 290 g/mol. The van der Waals surface area contributed by atoms with Crippen molar-refractivity contribution in [2.45, 2.75) is 32.2 Å². The number of carbonyl (C=O) groups is 1. The van der Waals surface area contributed by atoms with E-state index in [9.17, 15) is 9.18 Å². The average molecular weight is 290 g/mol. The maximum absolute atomic E-state index is 13.5. The number of Topliss-reactive ketones (excluding diaryl/α,β-unsaturated/α-hetero) is 1. The highest BCUT2D eigenvalue weighted by atomic mass is 19.1. The van der Waals surface area contributed by atoms with Crippen LogP contribution in [0.4, 0.5) is 4.39 Å². The summed E-state index contributed by atoms with van der Waals surface area (Å²) in [5, 5.41) is 0. The predicted octanol–water partition coefficient (Wildman–Crippen LogP) is 2.49. The lowest BCUT2D eigenvalue weighted by molar-refractivity contribution is 0.0921. The number of ketones is 1. The lowest BCUT2D eigenvalue weighted by Crippen LogP contribution is -2.47. The van der Waals surface area contributed by atoms with Crippen molar-refractivity contribution in [3.05, 3.63) is 35.1 Å². The second-order valence-corrected chi connectivity index (χ2v) is 6.25. The molecule has 1 aliphatic heterocycles. The van der Waals surface area contributed by atoms with Crippen LogP contribution in [0.1, 0.15) is 35.2 Å². The molecule has 1 aromatic carbocycles. The highest BCUT2D eigenvalue weighted by Gasteiger charge is 2.31. The van der Waals surface area contributed by atoms with E-state index in [1.807, 2.05) is 0 Å². The summed E-state index contributed by atoms with van der Waals surface area (Å²) in [7, 11) is 0. The third kappa shape index (κ3) is 3.69. The molecular weight excluding hydrogens is 267 g/mol. The van der Waals surface area contributed by atoms with Gasteiger partial charge in [0.25, 0.3) is 0 Å². The topological polar surface area (TPSA) is 23.6 Å². The molecule has 0 aromatic heterocycles. The van der Waals surface area contributed by atoms with Crippen LogP contribution in [0.2, 0.25) is 0 Å². The molecule has 0 spiro atoms. The first-order chi connectivity index (χ1) is 10.1. The van der Waals surface area contributed by atoms with Crippen LogP contribution >= 0.6 is 0 Å². The SMILES string of the molecule is Cc1ccc(C(=O)CCN2CCN(C3CC3)CC2)cc1F. The molecule has 0 unspecified atom stereocenters. The van der Waals surface area contributed by atoms with Gasteiger partial charge in [0.05, 0.1) is 0 Å². The molecule has 0 radical (unpaired) electrons. The van der Waals surface area contributed by atoms with Gasteiger partial charge in [-0.3, -0.25) is 9.69 Å². The molecule has 1 saturated heterocycles. The van der Waals surface area contributed by atoms with E-state index in [-0.39, 0.29) is 11.6 Å². The normalized spacial score (nSPS) is 20.7. The van der Waals surface area contributed by atoms with Gasteiger partial charge in [-0.1, -0.05) is 12.1 Å². The van der Waals surface area contributed by atoms with Crippen molar-refractivity contribution in [3.63, 3.8) is 0 Å². The fourth-order valence-corrected chi connectivity index (χ4v) is 2.96. The summed E-state index contributed by atoms with van der Waals surface area (Å²) in [6.45, 7) is 6.84. The molecule has 3 rings (SSSR count). The molecule has 1 heterocycles. The van der Waals surface area contributed by atoms with Crippen molar-refractivity contribution in [2.24, 2.45) is 0 Å². The van der Waals surface area contributed by atoms with Crippen molar-refractivity contribution >= 4 is 5.78 Å². The summed E-state index contributed by atoms with van der Waals surface area (Å²) in [4.78, 5) is 17.0. The molecule has 1 aromatic rings. The lowest BCUT2D eigenvalue weighted by Gasteiger charge is -2.34. The van der Waals surface area contributed by atoms with E-state index in [0.29, 0.717) is 17.5 Å². The largest absolute Gasteiger partial charge is 0.300 e. The Balaban J connectivity index is 1.46. The number of hydrogen-bond acceptors (Lipinski definition) is 3. The highest BCUT2D eigenvalue weighted by Crippen LogP contribution is 2.27. The van der Waals surface area contributed by atoms with Crippen molar-refractivity contribution in [2.75, 3.05) is 32.7 Å². The van der Waals surface area contributed by atoms with Crippen LogP contribution in [0.15, 0.2) is 18.2 Å².